The highest BCUT2D eigenvalue weighted by atomic mass is 32.2. The number of anilines is 1. The number of hydrogen-bond donors (Lipinski definition) is 0. The molecule has 0 N–H and O–H groups in total. The number of thiophene rings is 1. The van der Waals surface area contributed by atoms with Gasteiger partial charge in [0.25, 0.3) is 15.7 Å². The van der Waals surface area contributed by atoms with Crippen LogP contribution in [0.1, 0.15) is 5.69 Å². The second-order valence-corrected chi connectivity index (χ2v) is 9.86. The molecule has 0 saturated carbocycles. The normalized spacial score (nSPS) is 15.6. The maximum absolute atomic E-state index is 13.0. The molecular formula is C18H18N4O5S2. The minimum absolute atomic E-state index is 0.0328. The SMILES string of the molecule is Cc1cc(-c2ccc(S(=O)(=O)N3CCN(c4ccc([N+](=O)[O-])cc4)CC3)s2)on1. The van der Waals surface area contributed by atoms with Gasteiger partial charge in [0.15, 0.2) is 5.76 Å². The van der Waals surface area contributed by atoms with E-state index in [1.807, 2.05) is 11.8 Å². The van der Waals surface area contributed by atoms with Gasteiger partial charge in [-0.1, -0.05) is 5.16 Å². The monoisotopic (exact) mass is 434 g/mol. The lowest BCUT2D eigenvalue weighted by molar-refractivity contribution is -0.384. The third kappa shape index (κ3) is 3.88. The van der Waals surface area contributed by atoms with E-state index in [2.05, 4.69) is 5.16 Å². The molecule has 2 aromatic heterocycles. The van der Waals surface area contributed by atoms with E-state index in [1.54, 1.807) is 30.3 Å². The van der Waals surface area contributed by atoms with Crippen molar-refractivity contribution in [1.29, 1.82) is 0 Å². The molecule has 9 nitrogen and oxygen atoms in total. The Hall–Kier alpha value is -2.76. The molecule has 1 aromatic carbocycles. The second-order valence-electron chi connectivity index (χ2n) is 6.62. The number of nitro benzene ring substituents is 1. The van der Waals surface area contributed by atoms with Gasteiger partial charge in [-0.3, -0.25) is 10.1 Å². The van der Waals surface area contributed by atoms with Gasteiger partial charge in [-0.15, -0.1) is 11.3 Å². The van der Waals surface area contributed by atoms with Gasteiger partial charge in [-0.25, -0.2) is 8.42 Å². The molecule has 1 saturated heterocycles. The standard InChI is InChI=1S/C18H18N4O5S2/c1-13-12-16(27-19-13)17-6-7-18(28-17)29(25,26)21-10-8-20(9-11-21)14-2-4-15(5-3-14)22(23)24/h2-7,12H,8-11H2,1H3. The van der Waals surface area contributed by atoms with Crippen LogP contribution in [0.3, 0.4) is 0 Å². The summed E-state index contributed by atoms with van der Waals surface area (Å²) in [5, 5.41) is 14.6. The van der Waals surface area contributed by atoms with Crippen molar-refractivity contribution in [3.8, 4) is 10.6 Å². The summed E-state index contributed by atoms with van der Waals surface area (Å²) in [7, 11) is -3.59. The van der Waals surface area contributed by atoms with Gasteiger partial charge >= 0.3 is 0 Å². The molecule has 0 unspecified atom stereocenters. The lowest BCUT2D eigenvalue weighted by Crippen LogP contribution is -2.48. The molecular weight excluding hydrogens is 416 g/mol. The largest absolute Gasteiger partial charge is 0.369 e. The number of aromatic nitrogens is 1. The van der Waals surface area contributed by atoms with Crippen LogP contribution in [0, 0.1) is 17.0 Å². The van der Waals surface area contributed by atoms with E-state index in [4.69, 9.17) is 4.52 Å². The molecule has 0 radical (unpaired) electrons. The highest BCUT2D eigenvalue weighted by Gasteiger charge is 2.30. The number of non-ortho nitro benzene ring substituents is 1. The molecule has 1 aliphatic heterocycles. The zero-order chi connectivity index (χ0) is 20.6. The van der Waals surface area contributed by atoms with Crippen LogP contribution < -0.4 is 4.90 Å². The molecule has 0 atom stereocenters. The predicted molar refractivity (Wildman–Crippen MR) is 109 cm³/mol. The molecule has 29 heavy (non-hydrogen) atoms. The molecule has 0 aliphatic carbocycles. The molecule has 0 amide bonds. The highest BCUT2D eigenvalue weighted by molar-refractivity contribution is 7.91. The first-order valence-corrected chi connectivity index (χ1v) is 11.1. The van der Waals surface area contributed by atoms with Crippen LogP contribution in [0.15, 0.2) is 51.2 Å². The third-order valence-corrected chi connectivity index (χ3v) is 8.18. The molecule has 1 aliphatic rings. The number of benzene rings is 1. The Balaban J connectivity index is 1.45. The Morgan fingerprint density at radius 3 is 2.38 bits per heavy atom. The van der Waals surface area contributed by atoms with Crippen molar-refractivity contribution < 1.29 is 17.9 Å². The Kier molecular flexibility index (Phi) is 5.11. The average molecular weight is 434 g/mol. The van der Waals surface area contributed by atoms with Crippen LogP contribution in [-0.4, -0.2) is 49.0 Å². The van der Waals surface area contributed by atoms with Crippen LogP contribution >= 0.6 is 11.3 Å². The topological polar surface area (TPSA) is 110 Å². The van der Waals surface area contributed by atoms with Crippen LogP contribution in [0.25, 0.3) is 10.6 Å². The van der Waals surface area contributed by atoms with E-state index in [1.165, 1.54) is 16.4 Å². The molecule has 11 heteroatoms. The van der Waals surface area contributed by atoms with Gasteiger partial charge in [-0.05, 0) is 31.2 Å². The van der Waals surface area contributed by atoms with Gasteiger partial charge in [0.2, 0.25) is 0 Å². The number of nitrogens with zero attached hydrogens (tertiary/aromatic N) is 4. The van der Waals surface area contributed by atoms with Crippen LogP contribution in [0.5, 0.6) is 0 Å². The molecule has 3 heterocycles. The van der Waals surface area contributed by atoms with E-state index in [0.717, 1.165) is 22.7 Å². The van der Waals surface area contributed by atoms with Crippen molar-refractivity contribution in [1.82, 2.24) is 9.46 Å². The maximum atomic E-state index is 13.0. The Morgan fingerprint density at radius 2 is 1.79 bits per heavy atom. The van der Waals surface area contributed by atoms with Crippen molar-refractivity contribution in [2.45, 2.75) is 11.1 Å². The number of aryl methyl sites for hydroxylation is 1. The Bertz CT molecular complexity index is 1130. The summed E-state index contributed by atoms with van der Waals surface area (Å²) < 4.78 is 32.9. The predicted octanol–water partition coefficient (Wildman–Crippen LogP) is 3.13. The molecule has 4 rings (SSSR count). The minimum Gasteiger partial charge on any atom is -0.369 e. The third-order valence-electron chi connectivity index (χ3n) is 4.71. The Morgan fingerprint density at radius 1 is 1.10 bits per heavy atom. The fourth-order valence-electron chi connectivity index (χ4n) is 3.17. The number of piperazine rings is 1. The summed E-state index contributed by atoms with van der Waals surface area (Å²) >= 11 is 1.16. The summed E-state index contributed by atoms with van der Waals surface area (Å²) in [4.78, 5) is 13.1. The molecule has 3 aromatic rings. The van der Waals surface area contributed by atoms with Crippen LogP contribution in [0.4, 0.5) is 11.4 Å². The minimum atomic E-state index is -3.59. The fourth-order valence-corrected chi connectivity index (χ4v) is 6.00. The smallest absolute Gasteiger partial charge is 0.269 e. The van der Waals surface area contributed by atoms with Gasteiger partial charge in [-0.2, -0.15) is 4.31 Å². The molecule has 152 valence electrons. The van der Waals surface area contributed by atoms with E-state index >= 15 is 0 Å². The highest BCUT2D eigenvalue weighted by Crippen LogP contribution is 2.33. The average Bonchev–Trinajstić information content (AvgIpc) is 3.37. The zero-order valence-corrected chi connectivity index (χ0v) is 17.1. The van der Waals surface area contributed by atoms with Crippen molar-refractivity contribution in [2.75, 3.05) is 31.1 Å². The first-order valence-electron chi connectivity index (χ1n) is 8.88. The summed E-state index contributed by atoms with van der Waals surface area (Å²) in [6.07, 6.45) is 0. The molecule has 0 bridgehead atoms. The summed E-state index contributed by atoms with van der Waals surface area (Å²) in [5.41, 5.74) is 1.61. The summed E-state index contributed by atoms with van der Waals surface area (Å²) in [5.74, 6) is 0.553. The van der Waals surface area contributed by atoms with E-state index in [-0.39, 0.29) is 9.90 Å². The van der Waals surface area contributed by atoms with E-state index < -0.39 is 14.9 Å². The number of hydrogen-bond acceptors (Lipinski definition) is 8. The van der Waals surface area contributed by atoms with Crippen molar-refractivity contribution >= 4 is 32.7 Å². The van der Waals surface area contributed by atoms with Crippen LogP contribution in [-0.2, 0) is 10.0 Å². The lowest BCUT2D eigenvalue weighted by Gasteiger charge is -2.35. The van der Waals surface area contributed by atoms with Gasteiger partial charge in [0.1, 0.15) is 4.21 Å². The zero-order valence-electron chi connectivity index (χ0n) is 15.5. The number of rotatable bonds is 5. The first-order chi connectivity index (χ1) is 13.8. The van der Waals surface area contributed by atoms with E-state index in [9.17, 15) is 18.5 Å². The van der Waals surface area contributed by atoms with Crippen molar-refractivity contribution in [3.05, 3.63) is 58.3 Å². The molecule has 0 spiro atoms. The van der Waals surface area contributed by atoms with Gasteiger partial charge in [0, 0.05) is 50.1 Å². The van der Waals surface area contributed by atoms with Gasteiger partial charge in [0.05, 0.1) is 15.5 Å². The second kappa shape index (κ2) is 7.58. The quantitative estimate of drug-likeness (QED) is 0.448. The molecule has 1 fully saturated rings. The number of sulfonamides is 1. The first kappa shape index (κ1) is 19.6. The maximum Gasteiger partial charge on any atom is 0.269 e. The Labute approximate surface area is 171 Å². The van der Waals surface area contributed by atoms with Crippen LogP contribution in [0.2, 0.25) is 0 Å². The lowest BCUT2D eigenvalue weighted by atomic mass is 10.2. The summed E-state index contributed by atoms with van der Waals surface area (Å²) in [6.45, 7) is 3.51. The van der Waals surface area contributed by atoms with Crippen molar-refractivity contribution in [2.24, 2.45) is 0 Å². The summed E-state index contributed by atoms with van der Waals surface area (Å²) in [6, 6.07) is 11.4. The van der Waals surface area contributed by atoms with E-state index in [0.29, 0.717) is 36.8 Å². The van der Waals surface area contributed by atoms with Crippen molar-refractivity contribution in [3.63, 3.8) is 0 Å². The fraction of sp³-hybridized carbons (Fsp3) is 0.278. The number of nitro groups is 1. The van der Waals surface area contributed by atoms with Gasteiger partial charge < -0.3 is 9.42 Å².